The molecule has 0 bridgehead atoms. The minimum atomic E-state index is -0.537. The Bertz CT molecular complexity index is 1360. The van der Waals surface area contributed by atoms with Gasteiger partial charge in [0.05, 0.1) is 22.9 Å². The molecule has 0 amide bonds. The summed E-state index contributed by atoms with van der Waals surface area (Å²) in [6.07, 6.45) is 0.923. The molecule has 0 unspecified atom stereocenters. The van der Waals surface area contributed by atoms with Gasteiger partial charge in [-0.15, -0.1) is 0 Å². The van der Waals surface area contributed by atoms with Crippen LogP contribution in [0.5, 0.6) is 0 Å². The highest BCUT2D eigenvalue weighted by molar-refractivity contribution is 5.86. The van der Waals surface area contributed by atoms with Crippen LogP contribution in [0.2, 0.25) is 0 Å². The van der Waals surface area contributed by atoms with Crippen LogP contribution in [-0.4, -0.2) is 15.8 Å². The first-order valence-electron chi connectivity index (χ1n) is 9.37. The van der Waals surface area contributed by atoms with Crippen molar-refractivity contribution in [2.45, 2.75) is 0 Å². The van der Waals surface area contributed by atoms with Crippen LogP contribution < -0.4 is 10.9 Å². The molecule has 0 fully saturated rings. The molecule has 0 saturated heterocycles. The van der Waals surface area contributed by atoms with Crippen molar-refractivity contribution >= 4 is 17.7 Å². The van der Waals surface area contributed by atoms with E-state index in [0.29, 0.717) is 16.9 Å². The smallest absolute Gasteiger partial charge is 0.269 e. The first kappa shape index (κ1) is 19.7. The van der Waals surface area contributed by atoms with Gasteiger partial charge in [-0.2, -0.15) is 5.26 Å². The van der Waals surface area contributed by atoms with Crippen molar-refractivity contribution in [1.29, 1.82) is 10.7 Å². The van der Waals surface area contributed by atoms with Crippen molar-refractivity contribution in [3.05, 3.63) is 106 Å². The Morgan fingerprint density at radius 3 is 2.32 bits per heavy atom. The minimum absolute atomic E-state index is 0.0216. The number of hydrogen-bond acceptors (Lipinski definition) is 5. The predicted molar refractivity (Wildman–Crippen MR) is 118 cm³/mol. The quantitative estimate of drug-likeness (QED) is 0.469. The molecule has 1 heterocycles. The van der Waals surface area contributed by atoms with Crippen molar-refractivity contribution in [1.82, 2.24) is 9.55 Å². The zero-order valence-electron chi connectivity index (χ0n) is 16.2. The fourth-order valence-corrected chi connectivity index (χ4v) is 3.17. The number of nitrogens with one attached hydrogen (secondary N) is 2. The Hall–Kier alpha value is -4.57. The molecule has 7 heteroatoms. The summed E-state index contributed by atoms with van der Waals surface area (Å²) in [6.45, 7) is 0. The van der Waals surface area contributed by atoms with Gasteiger partial charge in [0.15, 0.2) is 5.82 Å². The van der Waals surface area contributed by atoms with E-state index in [1.807, 2.05) is 24.3 Å². The third-order valence-electron chi connectivity index (χ3n) is 4.67. The molecular weight excluding hydrogens is 393 g/mol. The van der Waals surface area contributed by atoms with Gasteiger partial charge >= 0.3 is 0 Å². The van der Waals surface area contributed by atoms with E-state index in [4.69, 9.17) is 10.7 Å². The Kier molecular flexibility index (Phi) is 5.37. The zero-order chi connectivity index (χ0) is 21.8. The number of hydrogen-bond donors (Lipinski definition) is 2. The highest BCUT2D eigenvalue weighted by Crippen LogP contribution is 2.26. The summed E-state index contributed by atoms with van der Waals surface area (Å²) >= 11 is 0. The zero-order valence-corrected chi connectivity index (χ0v) is 16.2. The lowest BCUT2D eigenvalue weighted by Crippen LogP contribution is -2.27. The predicted octanol–water partition coefficient (Wildman–Crippen LogP) is 4.65. The number of nitrogens with zero attached hydrogens (tertiary/aromatic N) is 3. The van der Waals surface area contributed by atoms with E-state index >= 15 is 0 Å². The van der Waals surface area contributed by atoms with Gasteiger partial charge in [0.2, 0.25) is 0 Å². The largest absolute Gasteiger partial charge is 0.339 e. The lowest BCUT2D eigenvalue weighted by atomic mass is 10.1. The first-order valence-corrected chi connectivity index (χ1v) is 9.37. The Balaban J connectivity index is 2.01. The van der Waals surface area contributed by atoms with Crippen LogP contribution in [0.3, 0.4) is 0 Å². The van der Waals surface area contributed by atoms with Gasteiger partial charge < -0.3 is 10.7 Å². The Labute approximate surface area is 177 Å². The summed E-state index contributed by atoms with van der Waals surface area (Å²) in [5, 5.41) is 19.9. The highest BCUT2D eigenvalue weighted by atomic mass is 19.1. The second-order valence-corrected chi connectivity index (χ2v) is 6.61. The number of benzene rings is 3. The molecule has 0 aliphatic heterocycles. The number of nitriles is 1. The lowest BCUT2D eigenvalue weighted by Gasteiger charge is -2.17. The van der Waals surface area contributed by atoms with Crippen LogP contribution in [0.4, 0.5) is 15.9 Å². The van der Waals surface area contributed by atoms with E-state index < -0.39 is 11.4 Å². The van der Waals surface area contributed by atoms with Crippen LogP contribution in [0.1, 0.15) is 11.1 Å². The van der Waals surface area contributed by atoms with Crippen molar-refractivity contribution in [2.24, 2.45) is 0 Å². The van der Waals surface area contributed by atoms with E-state index in [0.717, 1.165) is 6.21 Å². The highest BCUT2D eigenvalue weighted by Gasteiger charge is 2.20. The maximum atomic E-state index is 14.7. The number of rotatable bonds is 5. The first-order chi connectivity index (χ1) is 15.1. The molecule has 0 saturated carbocycles. The van der Waals surface area contributed by atoms with Crippen LogP contribution >= 0.6 is 0 Å². The van der Waals surface area contributed by atoms with Crippen LogP contribution in [-0.2, 0) is 0 Å². The van der Waals surface area contributed by atoms with Gasteiger partial charge in [-0.3, -0.25) is 9.36 Å². The van der Waals surface area contributed by atoms with Gasteiger partial charge in [0.25, 0.3) is 5.56 Å². The van der Waals surface area contributed by atoms with Crippen LogP contribution in [0.25, 0.3) is 17.1 Å². The SMILES string of the molecule is N#Cc1ccc(-n2c(-c3ccccc3F)nc(Nc3ccccc3)c(C=N)c2=O)cc1. The maximum absolute atomic E-state index is 14.7. The second kappa shape index (κ2) is 8.43. The minimum Gasteiger partial charge on any atom is -0.339 e. The number of aromatic nitrogens is 2. The van der Waals surface area contributed by atoms with E-state index in [9.17, 15) is 9.18 Å². The van der Waals surface area contributed by atoms with E-state index in [-0.39, 0.29) is 22.8 Å². The molecule has 150 valence electrons. The molecule has 1 aromatic heterocycles. The molecule has 6 nitrogen and oxygen atoms in total. The normalized spacial score (nSPS) is 10.3. The lowest BCUT2D eigenvalue weighted by molar-refractivity contribution is 0.629. The molecule has 3 aromatic carbocycles. The summed E-state index contributed by atoms with van der Waals surface area (Å²) in [5.41, 5.74) is 1.13. The molecule has 0 spiro atoms. The topological polar surface area (TPSA) is 94.6 Å². The molecule has 0 aliphatic carbocycles. The molecule has 4 aromatic rings. The summed E-state index contributed by atoms with van der Waals surface area (Å²) in [6, 6.07) is 23.4. The monoisotopic (exact) mass is 409 g/mol. The molecule has 0 aliphatic rings. The van der Waals surface area contributed by atoms with E-state index in [1.165, 1.54) is 16.7 Å². The van der Waals surface area contributed by atoms with E-state index in [1.54, 1.807) is 48.5 Å². The van der Waals surface area contributed by atoms with Crippen LogP contribution in [0.15, 0.2) is 83.7 Å². The molecule has 0 atom stereocenters. The van der Waals surface area contributed by atoms with Gasteiger partial charge in [-0.1, -0.05) is 30.3 Å². The average molecular weight is 409 g/mol. The van der Waals surface area contributed by atoms with Crippen molar-refractivity contribution in [3.8, 4) is 23.1 Å². The number of halogens is 1. The molecule has 2 N–H and O–H groups in total. The summed E-state index contributed by atoms with van der Waals surface area (Å²) in [5.74, 6) is -0.309. The standard InChI is InChI=1S/C24H16FN5O/c25-21-9-5-4-8-19(21)23-29-22(28-17-6-2-1-3-7-17)20(15-27)24(31)30(23)18-12-10-16(14-26)11-13-18/h1-13,15,27-28H. The van der Waals surface area contributed by atoms with Crippen molar-refractivity contribution in [2.75, 3.05) is 5.32 Å². The summed E-state index contributed by atoms with van der Waals surface area (Å²) < 4.78 is 15.9. The van der Waals surface area contributed by atoms with Gasteiger partial charge in [-0.25, -0.2) is 9.37 Å². The van der Waals surface area contributed by atoms with Crippen LogP contribution in [0, 0.1) is 22.6 Å². The average Bonchev–Trinajstić information content (AvgIpc) is 2.80. The van der Waals surface area contributed by atoms with Gasteiger partial charge in [0, 0.05) is 11.9 Å². The van der Waals surface area contributed by atoms with Gasteiger partial charge in [-0.05, 0) is 48.5 Å². The Morgan fingerprint density at radius 2 is 1.68 bits per heavy atom. The molecule has 31 heavy (non-hydrogen) atoms. The summed E-state index contributed by atoms with van der Waals surface area (Å²) in [7, 11) is 0. The number of para-hydroxylation sites is 1. The summed E-state index contributed by atoms with van der Waals surface area (Å²) in [4.78, 5) is 18.0. The fraction of sp³-hybridized carbons (Fsp3) is 0. The second-order valence-electron chi connectivity index (χ2n) is 6.61. The molecule has 0 radical (unpaired) electrons. The number of anilines is 2. The van der Waals surface area contributed by atoms with Crippen molar-refractivity contribution in [3.63, 3.8) is 0 Å². The third-order valence-corrected chi connectivity index (χ3v) is 4.67. The Morgan fingerprint density at radius 1 is 1.00 bits per heavy atom. The van der Waals surface area contributed by atoms with Crippen molar-refractivity contribution < 1.29 is 4.39 Å². The molecular formula is C24H16FN5O. The third kappa shape index (κ3) is 3.82. The van der Waals surface area contributed by atoms with Gasteiger partial charge in [0.1, 0.15) is 17.2 Å². The molecule has 4 rings (SSSR count). The fourth-order valence-electron chi connectivity index (χ4n) is 3.17. The van der Waals surface area contributed by atoms with E-state index in [2.05, 4.69) is 10.3 Å². The maximum Gasteiger partial charge on any atom is 0.269 e.